The second-order valence-corrected chi connectivity index (χ2v) is 3.83. The van der Waals surface area contributed by atoms with Crippen LogP contribution in [0.5, 0.6) is 5.75 Å². The molecule has 1 aromatic carbocycles. The van der Waals surface area contributed by atoms with Gasteiger partial charge in [0.1, 0.15) is 11.8 Å². The second-order valence-electron chi connectivity index (χ2n) is 3.83. The van der Waals surface area contributed by atoms with Crippen LogP contribution in [0.2, 0.25) is 0 Å². The van der Waals surface area contributed by atoms with Crippen LogP contribution in [0.1, 0.15) is 31.4 Å². The Morgan fingerprint density at radius 2 is 2.29 bits per heavy atom. The Morgan fingerprint density at radius 3 is 2.82 bits per heavy atom. The molecule has 90 valence electrons. The van der Waals surface area contributed by atoms with Gasteiger partial charge in [-0.3, -0.25) is 0 Å². The van der Waals surface area contributed by atoms with Gasteiger partial charge in [-0.15, -0.1) is 0 Å². The fourth-order valence-electron chi connectivity index (χ4n) is 1.43. The number of aryl methyl sites for hydroxylation is 1. The van der Waals surface area contributed by atoms with Crippen molar-refractivity contribution < 1.29 is 9.94 Å². The third-order valence-corrected chi connectivity index (χ3v) is 2.46. The molecule has 0 aromatic heterocycles. The fraction of sp³-hybridized carbons (Fsp3) is 0.385. The van der Waals surface area contributed by atoms with Gasteiger partial charge in [0.2, 0.25) is 0 Å². The Bertz CT molecular complexity index is 461. The van der Waals surface area contributed by atoms with E-state index in [-0.39, 0.29) is 0 Å². The average Bonchev–Trinajstić information content (AvgIpc) is 2.35. The van der Waals surface area contributed by atoms with Gasteiger partial charge in [0.15, 0.2) is 6.10 Å². The third-order valence-electron chi connectivity index (χ3n) is 2.46. The van der Waals surface area contributed by atoms with Gasteiger partial charge in [-0.1, -0.05) is 18.1 Å². The largest absolute Gasteiger partial charge is 0.475 e. The van der Waals surface area contributed by atoms with Crippen molar-refractivity contribution in [3.05, 3.63) is 29.3 Å². The van der Waals surface area contributed by atoms with Crippen molar-refractivity contribution in [1.82, 2.24) is 0 Å². The summed E-state index contributed by atoms with van der Waals surface area (Å²) in [6.07, 6.45) is 0.126. The molecule has 0 saturated carbocycles. The molecule has 0 saturated heterocycles. The van der Waals surface area contributed by atoms with Crippen LogP contribution < -0.4 is 4.74 Å². The zero-order chi connectivity index (χ0) is 12.8. The number of hydrogen-bond acceptors (Lipinski definition) is 4. The average molecular weight is 232 g/mol. The SMILES string of the molecule is CCC(C#N)Oc1cc(C)ccc1C(C)=NO. The first kappa shape index (κ1) is 13.0. The van der Waals surface area contributed by atoms with Gasteiger partial charge in [0.25, 0.3) is 0 Å². The zero-order valence-electron chi connectivity index (χ0n) is 10.3. The smallest absolute Gasteiger partial charge is 0.184 e. The van der Waals surface area contributed by atoms with Crippen LogP contribution in [0.15, 0.2) is 23.4 Å². The van der Waals surface area contributed by atoms with Gasteiger partial charge in [-0.05, 0) is 38.0 Å². The van der Waals surface area contributed by atoms with Crippen LogP contribution >= 0.6 is 0 Å². The molecule has 0 heterocycles. The maximum atomic E-state index is 8.89. The van der Waals surface area contributed by atoms with Crippen molar-refractivity contribution >= 4 is 5.71 Å². The van der Waals surface area contributed by atoms with E-state index in [9.17, 15) is 0 Å². The first-order valence-corrected chi connectivity index (χ1v) is 5.48. The summed E-state index contributed by atoms with van der Waals surface area (Å²) < 4.78 is 5.59. The van der Waals surface area contributed by atoms with Gasteiger partial charge in [0.05, 0.1) is 5.71 Å². The lowest BCUT2D eigenvalue weighted by molar-refractivity contribution is 0.251. The van der Waals surface area contributed by atoms with Gasteiger partial charge in [-0.2, -0.15) is 5.26 Å². The molecule has 17 heavy (non-hydrogen) atoms. The van der Waals surface area contributed by atoms with Crippen molar-refractivity contribution in [3.63, 3.8) is 0 Å². The number of ether oxygens (including phenoxy) is 1. The predicted molar refractivity (Wildman–Crippen MR) is 65.5 cm³/mol. The molecule has 0 aliphatic heterocycles. The molecule has 0 amide bonds. The highest BCUT2D eigenvalue weighted by atomic mass is 16.5. The molecule has 1 unspecified atom stereocenters. The maximum Gasteiger partial charge on any atom is 0.184 e. The summed E-state index contributed by atoms with van der Waals surface area (Å²) in [5.41, 5.74) is 2.20. The fourth-order valence-corrected chi connectivity index (χ4v) is 1.43. The monoisotopic (exact) mass is 232 g/mol. The minimum atomic E-state index is -0.484. The van der Waals surface area contributed by atoms with E-state index in [0.29, 0.717) is 23.4 Å². The summed E-state index contributed by atoms with van der Waals surface area (Å²) in [4.78, 5) is 0. The molecule has 4 nitrogen and oxygen atoms in total. The highest BCUT2D eigenvalue weighted by molar-refractivity contribution is 6.00. The van der Waals surface area contributed by atoms with Crippen LogP contribution in [-0.2, 0) is 0 Å². The molecule has 4 heteroatoms. The van der Waals surface area contributed by atoms with Crippen LogP contribution in [0, 0.1) is 18.3 Å². The van der Waals surface area contributed by atoms with Crippen molar-refractivity contribution in [3.8, 4) is 11.8 Å². The van der Waals surface area contributed by atoms with Gasteiger partial charge < -0.3 is 9.94 Å². The molecular weight excluding hydrogens is 216 g/mol. The molecule has 0 aliphatic rings. The standard InChI is InChI=1S/C13H16N2O2/c1-4-11(8-14)17-13-7-9(2)5-6-12(13)10(3)15-16/h5-7,11,16H,4H2,1-3H3. The Labute approximate surface area is 101 Å². The van der Waals surface area contributed by atoms with E-state index in [1.54, 1.807) is 6.92 Å². The van der Waals surface area contributed by atoms with E-state index in [4.69, 9.17) is 15.2 Å². The van der Waals surface area contributed by atoms with E-state index in [2.05, 4.69) is 11.2 Å². The minimum Gasteiger partial charge on any atom is -0.475 e. The minimum absolute atomic E-state index is 0.466. The first-order chi connectivity index (χ1) is 8.12. The summed E-state index contributed by atoms with van der Waals surface area (Å²) >= 11 is 0. The van der Waals surface area contributed by atoms with Crippen molar-refractivity contribution in [2.75, 3.05) is 0 Å². The van der Waals surface area contributed by atoms with Gasteiger partial charge >= 0.3 is 0 Å². The molecule has 0 fully saturated rings. The van der Waals surface area contributed by atoms with E-state index < -0.39 is 6.10 Å². The van der Waals surface area contributed by atoms with Crippen molar-refractivity contribution in [2.24, 2.45) is 5.16 Å². The quantitative estimate of drug-likeness (QED) is 0.493. The lowest BCUT2D eigenvalue weighted by atomic mass is 10.1. The number of oxime groups is 1. The van der Waals surface area contributed by atoms with Crippen LogP contribution in [0.4, 0.5) is 0 Å². The Kier molecular flexibility index (Phi) is 4.53. The molecule has 0 aliphatic carbocycles. The molecule has 0 bridgehead atoms. The van der Waals surface area contributed by atoms with Crippen LogP contribution in [0.25, 0.3) is 0 Å². The molecule has 0 radical (unpaired) electrons. The molecule has 0 spiro atoms. The topological polar surface area (TPSA) is 65.6 Å². The number of nitriles is 1. The summed E-state index contributed by atoms with van der Waals surface area (Å²) in [6, 6.07) is 7.65. The van der Waals surface area contributed by atoms with Gasteiger partial charge in [-0.25, -0.2) is 0 Å². The van der Waals surface area contributed by atoms with Gasteiger partial charge in [0, 0.05) is 5.56 Å². The van der Waals surface area contributed by atoms with E-state index in [1.807, 2.05) is 32.0 Å². The molecular formula is C13H16N2O2. The summed E-state index contributed by atoms with van der Waals surface area (Å²) in [5, 5.41) is 20.8. The predicted octanol–water partition coefficient (Wildman–Crippen LogP) is 2.87. The number of nitrogens with zero attached hydrogens (tertiary/aromatic N) is 2. The lowest BCUT2D eigenvalue weighted by Gasteiger charge is -2.14. The summed E-state index contributed by atoms with van der Waals surface area (Å²) in [6.45, 7) is 5.51. The molecule has 1 N–H and O–H groups in total. The third kappa shape index (κ3) is 3.22. The normalized spacial score (nSPS) is 12.9. The zero-order valence-corrected chi connectivity index (χ0v) is 10.3. The highest BCUT2D eigenvalue weighted by Crippen LogP contribution is 2.23. The van der Waals surface area contributed by atoms with E-state index >= 15 is 0 Å². The Balaban J connectivity index is 3.12. The molecule has 1 atom stereocenters. The number of hydrogen-bond donors (Lipinski definition) is 1. The van der Waals surface area contributed by atoms with Crippen LogP contribution in [-0.4, -0.2) is 17.0 Å². The maximum absolute atomic E-state index is 8.89. The summed E-state index contributed by atoms with van der Waals surface area (Å²) in [5.74, 6) is 0.578. The Morgan fingerprint density at radius 1 is 1.59 bits per heavy atom. The molecule has 1 rings (SSSR count). The van der Waals surface area contributed by atoms with E-state index in [1.165, 1.54) is 0 Å². The highest BCUT2D eigenvalue weighted by Gasteiger charge is 2.12. The van der Waals surface area contributed by atoms with E-state index in [0.717, 1.165) is 5.56 Å². The summed E-state index contributed by atoms with van der Waals surface area (Å²) in [7, 11) is 0. The Hall–Kier alpha value is -2.02. The first-order valence-electron chi connectivity index (χ1n) is 5.48. The molecule has 1 aromatic rings. The second kappa shape index (κ2) is 5.90. The van der Waals surface area contributed by atoms with Crippen LogP contribution in [0.3, 0.4) is 0 Å². The number of rotatable bonds is 4. The number of benzene rings is 1. The van der Waals surface area contributed by atoms with Crippen molar-refractivity contribution in [1.29, 1.82) is 5.26 Å². The lowest BCUT2D eigenvalue weighted by Crippen LogP contribution is -2.14. The van der Waals surface area contributed by atoms with Crippen molar-refractivity contribution in [2.45, 2.75) is 33.3 Å².